The molecule has 0 aromatic heterocycles. The maximum Gasteiger partial charge on any atom is 0.150 e. The second kappa shape index (κ2) is 7.46. The fourth-order valence-corrected chi connectivity index (χ4v) is 2.04. The lowest BCUT2D eigenvalue weighted by Gasteiger charge is -2.19. The predicted molar refractivity (Wildman–Crippen MR) is 79.3 cm³/mol. The van der Waals surface area contributed by atoms with Gasteiger partial charge in [-0.25, -0.2) is 0 Å². The molecule has 1 N–H and O–H groups in total. The van der Waals surface area contributed by atoms with Gasteiger partial charge in [0.25, 0.3) is 0 Å². The molecule has 0 saturated heterocycles. The monoisotopic (exact) mass is 278 g/mol. The minimum absolute atomic E-state index is 0.120. The van der Waals surface area contributed by atoms with Gasteiger partial charge >= 0.3 is 0 Å². The molecule has 0 aliphatic carbocycles. The van der Waals surface area contributed by atoms with Gasteiger partial charge in [-0.15, -0.1) is 5.54 Å². The maximum absolute atomic E-state index is 10.3. The Kier molecular flexibility index (Phi) is 6.26. The van der Waals surface area contributed by atoms with Crippen molar-refractivity contribution in [3.05, 3.63) is 35.9 Å². The Hall–Kier alpha value is -1.12. The molecule has 0 bridgehead atoms. The van der Waals surface area contributed by atoms with Crippen LogP contribution in [0.15, 0.2) is 30.3 Å². The van der Waals surface area contributed by atoms with Crippen molar-refractivity contribution in [2.75, 3.05) is 13.9 Å². The summed E-state index contributed by atoms with van der Waals surface area (Å²) in [4.78, 5) is 0. The summed E-state index contributed by atoms with van der Waals surface area (Å²) in [5.41, 5.74) is 4.03. The zero-order valence-corrected chi connectivity index (χ0v) is 13.0. The molecule has 0 amide bonds. The molecule has 0 radical (unpaired) electrons. The Morgan fingerprint density at radius 3 is 2.37 bits per heavy atom. The van der Waals surface area contributed by atoms with Gasteiger partial charge in [-0.1, -0.05) is 55.9 Å². The normalized spacial score (nSPS) is 14.4. The highest BCUT2D eigenvalue weighted by atomic mass is 28.3. The van der Waals surface area contributed by atoms with E-state index < -0.39 is 20.3 Å². The minimum atomic E-state index is -1.50. The molecule has 0 unspecified atom stereocenters. The van der Waals surface area contributed by atoms with E-state index in [1.165, 1.54) is 0 Å². The first kappa shape index (κ1) is 15.9. The van der Waals surface area contributed by atoms with E-state index in [1.807, 2.05) is 30.3 Å². The zero-order chi connectivity index (χ0) is 14.3. The number of hydrogen-bond acceptors (Lipinski definition) is 3. The molecule has 2 atom stereocenters. The van der Waals surface area contributed by atoms with E-state index in [-0.39, 0.29) is 6.79 Å². The third-order valence-corrected chi connectivity index (χ3v) is 3.28. The van der Waals surface area contributed by atoms with E-state index in [1.54, 1.807) is 7.11 Å². The Labute approximate surface area is 116 Å². The summed E-state index contributed by atoms with van der Waals surface area (Å²) in [6.45, 7) is 6.59. The van der Waals surface area contributed by atoms with Gasteiger partial charge < -0.3 is 14.6 Å². The van der Waals surface area contributed by atoms with Crippen molar-refractivity contribution in [1.29, 1.82) is 0 Å². The number of ether oxygens (including phenoxy) is 2. The van der Waals surface area contributed by atoms with Gasteiger partial charge in [0.05, 0.1) is 0 Å². The second-order valence-electron chi connectivity index (χ2n) is 5.37. The van der Waals surface area contributed by atoms with Crippen LogP contribution in [0.3, 0.4) is 0 Å². The molecule has 1 aromatic carbocycles. The molecule has 3 nitrogen and oxygen atoms in total. The molecule has 0 heterocycles. The van der Waals surface area contributed by atoms with Crippen LogP contribution in [0.1, 0.15) is 11.7 Å². The van der Waals surface area contributed by atoms with Crippen LogP contribution in [-0.2, 0) is 9.47 Å². The molecule has 104 valence electrons. The van der Waals surface area contributed by atoms with E-state index in [4.69, 9.17) is 9.47 Å². The van der Waals surface area contributed by atoms with Gasteiger partial charge in [0.15, 0.2) is 0 Å². The summed E-state index contributed by atoms with van der Waals surface area (Å²) in [7, 11) is 0.0544. The van der Waals surface area contributed by atoms with Gasteiger partial charge in [-0.05, 0) is 5.56 Å². The van der Waals surface area contributed by atoms with E-state index in [0.717, 1.165) is 5.56 Å². The smallest absolute Gasteiger partial charge is 0.150 e. The van der Waals surface area contributed by atoms with Gasteiger partial charge in [0, 0.05) is 7.11 Å². The molecular weight excluding hydrogens is 256 g/mol. The first-order chi connectivity index (χ1) is 8.94. The van der Waals surface area contributed by atoms with Gasteiger partial charge in [0.2, 0.25) is 0 Å². The average molecular weight is 278 g/mol. The summed E-state index contributed by atoms with van der Waals surface area (Å²) in [6, 6.07) is 9.42. The standard InChI is InChI=1S/C15H22O3Si/c1-17-12-18-14(10-11-19(2,3)4)15(16)13-8-6-5-7-9-13/h5-9,14-16H,12H2,1-4H3/t14-,15+/m1/s1. The van der Waals surface area contributed by atoms with Crippen molar-refractivity contribution >= 4 is 8.07 Å². The lowest BCUT2D eigenvalue weighted by molar-refractivity contribution is -0.0904. The van der Waals surface area contributed by atoms with E-state index in [9.17, 15) is 5.11 Å². The highest BCUT2D eigenvalue weighted by Crippen LogP contribution is 2.18. The predicted octanol–water partition coefficient (Wildman–Crippen LogP) is 2.59. The number of rotatable bonds is 5. The van der Waals surface area contributed by atoms with Crippen molar-refractivity contribution < 1.29 is 14.6 Å². The van der Waals surface area contributed by atoms with Crippen molar-refractivity contribution in [1.82, 2.24) is 0 Å². The van der Waals surface area contributed by atoms with E-state index >= 15 is 0 Å². The molecule has 0 aliphatic rings. The Bertz CT molecular complexity index is 428. The molecule has 0 aliphatic heterocycles. The Morgan fingerprint density at radius 1 is 1.21 bits per heavy atom. The fourth-order valence-electron chi connectivity index (χ4n) is 1.47. The molecular formula is C15H22O3Si. The molecule has 19 heavy (non-hydrogen) atoms. The van der Waals surface area contributed by atoms with Crippen molar-refractivity contribution in [2.24, 2.45) is 0 Å². The van der Waals surface area contributed by atoms with Gasteiger partial charge in [-0.2, -0.15) is 0 Å². The lowest BCUT2D eigenvalue weighted by atomic mass is 10.1. The highest BCUT2D eigenvalue weighted by Gasteiger charge is 2.20. The van der Waals surface area contributed by atoms with E-state index in [2.05, 4.69) is 31.1 Å². The molecule has 1 aromatic rings. The minimum Gasteiger partial charge on any atom is -0.385 e. The SMILES string of the molecule is COCO[C@H](C#C[Si](C)(C)C)[C@@H](O)c1ccccc1. The van der Waals surface area contributed by atoms with Crippen LogP contribution in [0, 0.1) is 11.5 Å². The van der Waals surface area contributed by atoms with Crippen LogP contribution in [0.2, 0.25) is 19.6 Å². The fraction of sp³-hybridized carbons (Fsp3) is 0.467. The van der Waals surface area contributed by atoms with Gasteiger partial charge in [0.1, 0.15) is 27.1 Å². The van der Waals surface area contributed by atoms with Crippen LogP contribution in [-0.4, -0.2) is 33.2 Å². The maximum atomic E-state index is 10.3. The van der Waals surface area contributed by atoms with Crippen LogP contribution in [0.25, 0.3) is 0 Å². The van der Waals surface area contributed by atoms with E-state index in [0.29, 0.717) is 0 Å². The largest absolute Gasteiger partial charge is 0.385 e. The summed E-state index contributed by atoms with van der Waals surface area (Å²) in [6.07, 6.45) is -1.32. The topological polar surface area (TPSA) is 38.7 Å². The summed E-state index contributed by atoms with van der Waals surface area (Å²) >= 11 is 0. The van der Waals surface area contributed by atoms with Crippen molar-refractivity contribution in [3.63, 3.8) is 0 Å². The third kappa shape index (κ3) is 6.04. The summed E-state index contributed by atoms with van der Waals surface area (Å²) < 4.78 is 10.4. The van der Waals surface area contributed by atoms with Crippen LogP contribution in [0.5, 0.6) is 0 Å². The van der Waals surface area contributed by atoms with Crippen LogP contribution >= 0.6 is 0 Å². The number of aliphatic hydroxyl groups excluding tert-OH is 1. The molecule has 0 spiro atoms. The average Bonchev–Trinajstić information content (AvgIpc) is 2.38. The van der Waals surface area contributed by atoms with Crippen LogP contribution < -0.4 is 0 Å². The molecule has 0 saturated carbocycles. The number of aliphatic hydroxyl groups is 1. The highest BCUT2D eigenvalue weighted by molar-refractivity contribution is 6.83. The lowest BCUT2D eigenvalue weighted by Crippen LogP contribution is -2.24. The van der Waals surface area contributed by atoms with Gasteiger partial charge in [-0.3, -0.25) is 0 Å². The third-order valence-electron chi connectivity index (χ3n) is 2.38. The quantitative estimate of drug-likeness (QED) is 0.511. The number of benzene rings is 1. The van der Waals surface area contributed by atoms with Crippen molar-refractivity contribution in [3.8, 4) is 11.5 Å². The summed E-state index contributed by atoms with van der Waals surface area (Å²) in [5.74, 6) is 3.05. The first-order valence-corrected chi connectivity index (χ1v) is 9.80. The van der Waals surface area contributed by atoms with Crippen LogP contribution in [0.4, 0.5) is 0 Å². The summed E-state index contributed by atoms with van der Waals surface area (Å²) in [5, 5.41) is 10.3. The molecule has 4 heteroatoms. The Balaban J connectivity index is 2.86. The number of hydrogen-bond donors (Lipinski definition) is 1. The second-order valence-corrected chi connectivity index (χ2v) is 10.1. The molecule has 0 fully saturated rings. The Morgan fingerprint density at radius 2 is 1.84 bits per heavy atom. The first-order valence-electron chi connectivity index (χ1n) is 6.30. The number of methoxy groups -OCH3 is 1. The van der Waals surface area contributed by atoms with Crippen molar-refractivity contribution in [2.45, 2.75) is 31.8 Å². The molecule has 1 rings (SSSR count). The zero-order valence-electron chi connectivity index (χ0n) is 12.0.